The van der Waals surface area contributed by atoms with E-state index in [9.17, 15) is 9.59 Å². The third-order valence-corrected chi connectivity index (χ3v) is 9.41. The number of carbonyl (C=O) groups excluding carboxylic acids is 2. The van der Waals surface area contributed by atoms with Crippen LogP contribution in [0.15, 0.2) is 85.8 Å². The number of fused-ring (bicyclic) bond motifs is 1. The molecule has 0 aliphatic carbocycles. The van der Waals surface area contributed by atoms with E-state index in [1.54, 1.807) is 12.1 Å². The average Bonchev–Trinajstić information content (AvgIpc) is 3.76. The van der Waals surface area contributed by atoms with Gasteiger partial charge in [-0.15, -0.1) is 0 Å². The summed E-state index contributed by atoms with van der Waals surface area (Å²) >= 11 is 0. The van der Waals surface area contributed by atoms with E-state index < -0.39 is 0 Å². The number of para-hydroxylation sites is 1. The maximum absolute atomic E-state index is 13.0. The highest BCUT2D eigenvalue weighted by atomic mass is 16.2. The van der Waals surface area contributed by atoms with E-state index in [0.717, 1.165) is 72.1 Å². The summed E-state index contributed by atoms with van der Waals surface area (Å²) in [5.74, 6) is 0.0856. The van der Waals surface area contributed by atoms with Gasteiger partial charge < -0.3 is 20.9 Å². The molecule has 5 aromatic rings. The van der Waals surface area contributed by atoms with Crippen LogP contribution in [0.5, 0.6) is 0 Å². The Kier molecular flexibility index (Phi) is 8.30. The highest BCUT2D eigenvalue weighted by Gasteiger charge is 2.30. The van der Waals surface area contributed by atoms with Crippen LogP contribution in [-0.2, 0) is 4.79 Å². The SMILES string of the molecule is C=CC(=O)N1CCC[C@@H](n2nc(-c3ccc(C(=O)Nc4ccccc4)cc3)c3c(N)ncc(-c4cnn(C5CCN(C)CC5)c4)c32)C1. The number of amides is 2. The fourth-order valence-electron chi connectivity index (χ4n) is 6.80. The fourth-order valence-corrected chi connectivity index (χ4v) is 6.80. The van der Waals surface area contributed by atoms with Crippen LogP contribution >= 0.6 is 0 Å². The highest BCUT2D eigenvalue weighted by Crippen LogP contribution is 2.40. The number of anilines is 2. The predicted octanol–water partition coefficient (Wildman–Crippen LogP) is 5.41. The van der Waals surface area contributed by atoms with Crippen LogP contribution in [0, 0.1) is 0 Å². The zero-order valence-electron chi connectivity index (χ0n) is 26.5. The van der Waals surface area contributed by atoms with Crippen molar-refractivity contribution >= 4 is 34.2 Å². The second-order valence-corrected chi connectivity index (χ2v) is 12.5. The van der Waals surface area contributed by atoms with E-state index >= 15 is 0 Å². The zero-order valence-corrected chi connectivity index (χ0v) is 26.5. The summed E-state index contributed by atoms with van der Waals surface area (Å²) in [6, 6.07) is 17.0. The molecule has 3 N–H and O–H groups in total. The summed E-state index contributed by atoms with van der Waals surface area (Å²) < 4.78 is 4.11. The molecule has 3 aromatic heterocycles. The first kappa shape index (κ1) is 30.4. The van der Waals surface area contributed by atoms with Gasteiger partial charge in [0, 0.05) is 53.4 Å². The summed E-state index contributed by atoms with van der Waals surface area (Å²) in [5.41, 5.74) is 12.1. The lowest BCUT2D eigenvalue weighted by molar-refractivity contribution is -0.127. The third-order valence-electron chi connectivity index (χ3n) is 9.41. The molecule has 11 nitrogen and oxygen atoms in total. The number of nitrogens with two attached hydrogens (primary N) is 1. The third kappa shape index (κ3) is 6.01. The van der Waals surface area contributed by atoms with Crippen LogP contribution < -0.4 is 11.1 Å². The van der Waals surface area contributed by atoms with Gasteiger partial charge in [-0.2, -0.15) is 10.2 Å². The molecule has 0 radical (unpaired) electrons. The van der Waals surface area contributed by atoms with E-state index in [-0.39, 0.29) is 17.9 Å². The molecule has 2 amide bonds. The fraction of sp³-hybridized carbons (Fsp3) is 0.306. The number of carbonyl (C=O) groups is 2. The lowest BCUT2D eigenvalue weighted by Gasteiger charge is -2.32. The first-order chi connectivity index (χ1) is 22.9. The number of hydrogen-bond acceptors (Lipinski definition) is 7. The first-order valence-electron chi connectivity index (χ1n) is 16.2. The quantitative estimate of drug-likeness (QED) is 0.231. The number of pyridine rings is 1. The minimum atomic E-state index is -0.197. The maximum atomic E-state index is 13.0. The van der Waals surface area contributed by atoms with Gasteiger partial charge in [0.25, 0.3) is 5.91 Å². The van der Waals surface area contributed by atoms with Crippen LogP contribution in [0.25, 0.3) is 33.3 Å². The van der Waals surface area contributed by atoms with Gasteiger partial charge in [0.15, 0.2) is 0 Å². The van der Waals surface area contributed by atoms with E-state index in [4.69, 9.17) is 15.9 Å². The molecule has 47 heavy (non-hydrogen) atoms. The predicted molar refractivity (Wildman–Crippen MR) is 184 cm³/mol. The average molecular weight is 630 g/mol. The van der Waals surface area contributed by atoms with E-state index in [0.29, 0.717) is 36.2 Å². The molecule has 2 aliphatic rings. The van der Waals surface area contributed by atoms with E-state index in [1.165, 1.54) is 6.08 Å². The number of aromatic nitrogens is 5. The Morgan fingerprint density at radius 1 is 0.957 bits per heavy atom. The number of nitrogen functional groups attached to an aromatic ring is 1. The lowest BCUT2D eigenvalue weighted by atomic mass is 10.0. The molecule has 0 bridgehead atoms. The molecule has 2 aliphatic heterocycles. The van der Waals surface area contributed by atoms with Crippen LogP contribution in [0.2, 0.25) is 0 Å². The number of piperidine rings is 2. The second-order valence-electron chi connectivity index (χ2n) is 12.5. The topological polar surface area (TPSA) is 127 Å². The van der Waals surface area contributed by atoms with Crippen molar-refractivity contribution in [1.82, 2.24) is 34.3 Å². The standard InChI is InChI=1S/C36H39N9O2/c1-3-31(46)43-17-7-10-29(23-43)45-34-30(26-20-39-44(22-26)28-15-18-42(2)19-16-28)21-38-35(37)32(34)33(41-45)24-11-13-25(14-12-24)36(47)40-27-8-5-4-6-9-27/h3-6,8-9,11-14,20-22,28-29H,1,7,10,15-19,23H2,2H3,(H2,37,38)(H,40,47)/t29-/m1/s1. The molecule has 0 saturated carbocycles. The smallest absolute Gasteiger partial charge is 0.255 e. The Balaban J connectivity index is 1.30. The molecule has 2 fully saturated rings. The van der Waals surface area contributed by atoms with Gasteiger partial charge in [0.05, 0.1) is 29.2 Å². The molecule has 240 valence electrons. The minimum absolute atomic E-state index is 0.0794. The van der Waals surface area contributed by atoms with Crippen molar-refractivity contribution in [2.75, 3.05) is 44.3 Å². The minimum Gasteiger partial charge on any atom is -0.383 e. The monoisotopic (exact) mass is 629 g/mol. The van der Waals surface area contributed by atoms with Gasteiger partial charge in [0.2, 0.25) is 5.91 Å². The molecular formula is C36H39N9O2. The van der Waals surface area contributed by atoms with Crippen molar-refractivity contribution in [1.29, 1.82) is 0 Å². The highest BCUT2D eigenvalue weighted by molar-refractivity contribution is 6.08. The first-order valence-corrected chi connectivity index (χ1v) is 16.2. The Hall–Kier alpha value is -5.29. The number of nitrogens with one attached hydrogen (secondary N) is 1. The zero-order chi connectivity index (χ0) is 32.5. The van der Waals surface area contributed by atoms with Gasteiger partial charge in [-0.25, -0.2) is 4.98 Å². The molecule has 2 aromatic carbocycles. The summed E-state index contributed by atoms with van der Waals surface area (Å²) in [6.07, 6.45) is 11.0. The summed E-state index contributed by atoms with van der Waals surface area (Å²) in [5, 5.41) is 13.7. The Morgan fingerprint density at radius 3 is 2.47 bits per heavy atom. The molecule has 11 heteroatoms. The molecule has 5 heterocycles. The van der Waals surface area contributed by atoms with Gasteiger partial charge in [-0.3, -0.25) is 19.0 Å². The van der Waals surface area contributed by atoms with Crippen LogP contribution in [0.1, 0.15) is 48.1 Å². The van der Waals surface area contributed by atoms with Crippen LogP contribution in [0.4, 0.5) is 11.5 Å². The normalized spacial score (nSPS) is 17.6. The van der Waals surface area contributed by atoms with Gasteiger partial charge in [-0.1, -0.05) is 36.9 Å². The summed E-state index contributed by atoms with van der Waals surface area (Å²) in [4.78, 5) is 34.5. The van der Waals surface area contributed by atoms with Crippen LogP contribution in [-0.4, -0.2) is 79.4 Å². The summed E-state index contributed by atoms with van der Waals surface area (Å²) in [7, 11) is 2.16. The number of benzene rings is 2. The van der Waals surface area contributed by atoms with Crippen LogP contribution in [0.3, 0.4) is 0 Å². The lowest BCUT2D eigenvalue weighted by Crippen LogP contribution is -2.40. The molecule has 0 spiro atoms. The van der Waals surface area contributed by atoms with Gasteiger partial charge >= 0.3 is 0 Å². The maximum Gasteiger partial charge on any atom is 0.255 e. The number of rotatable bonds is 7. The molecule has 1 atom stereocenters. The van der Waals surface area contributed by atoms with E-state index in [2.05, 4.69) is 39.7 Å². The number of nitrogens with zero attached hydrogens (tertiary/aromatic N) is 7. The number of likely N-dealkylation sites (tertiary alicyclic amines) is 2. The molecule has 0 unspecified atom stereocenters. The Bertz CT molecular complexity index is 1920. The Labute approximate surface area is 273 Å². The van der Waals surface area contributed by atoms with Crippen molar-refractivity contribution in [3.05, 3.63) is 91.4 Å². The van der Waals surface area contributed by atoms with Crippen molar-refractivity contribution in [2.45, 2.75) is 37.8 Å². The van der Waals surface area contributed by atoms with Gasteiger partial charge in [-0.05, 0) is 76.2 Å². The van der Waals surface area contributed by atoms with Crippen molar-refractivity contribution in [3.63, 3.8) is 0 Å². The molecular weight excluding hydrogens is 590 g/mol. The molecule has 7 rings (SSSR count). The molecule has 2 saturated heterocycles. The second kappa shape index (κ2) is 12.8. The van der Waals surface area contributed by atoms with Gasteiger partial charge in [0.1, 0.15) is 11.5 Å². The van der Waals surface area contributed by atoms with Crippen molar-refractivity contribution in [3.8, 4) is 22.4 Å². The largest absolute Gasteiger partial charge is 0.383 e. The number of hydrogen-bond donors (Lipinski definition) is 2. The van der Waals surface area contributed by atoms with Crippen molar-refractivity contribution < 1.29 is 9.59 Å². The summed E-state index contributed by atoms with van der Waals surface area (Å²) in [6.45, 7) is 6.97. The Morgan fingerprint density at radius 2 is 1.72 bits per heavy atom. The van der Waals surface area contributed by atoms with Crippen molar-refractivity contribution in [2.24, 2.45) is 0 Å². The van der Waals surface area contributed by atoms with E-state index in [1.807, 2.05) is 64.4 Å².